The highest BCUT2D eigenvalue weighted by molar-refractivity contribution is 7.12. The minimum atomic E-state index is -0.474. The zero-order chi connectivity index (χ0) is 15.6. The summed E-state index contributed by atoms with van der Waals surface area (Å²) < 4.78 is 4.70. The number of aryl methyl sites for hydroxylation is 1. The first-order valence-electron chi connectivity index (χ1n) is 6.12. The summed E-state index contributed by atoms with van der Waals surface area (Å²) in [6, 6.07) is -0.218. The van der Waals surface area contributed by atoms with Crippen LogP contribution in [0.2, 0.25) is 0 Å². The number of carbonyl (C=O) groups is 2. The van der Waals surface area contributed by atoms with Gasteiger partial charge in [0.25, 0.3) is 5.91 Å². The highest BCUT2D eigenvalue weighted by Crippen LogP contribution is 2.29. The Bertz CT molecular complexity index is 676. The summed E-state index contributed by atoms with van der Waals surface area (Å²) in [6.45, 7) is 3.62. The van der Waals surface area contributed by atoms with E-state index in [0.29, 0.717) is 15.6 Å². The Morgan fingerprint density at radius 3 is 2.67 bits per heavy atom. The van der Waals surface area contributed by atoms with Crippen LogP contribution in [-0.4, -0.2) is 24.0 Å². The third-order valence-corrected chi connectivity index (χ3v) is 4.85. The van der Waals surface area contributed by atoms with Gasteiger partial charge in [-0.1, -0.05) is 0 Å². The number of methoxy groups -OCH3 is 1. The van der Waals surface area contributed by atoms with Crippen molar-refractivity contribution in [3.63, 3.8) is 0 Å². The van der Waals surface area contributed by atoms with Crippen LogP contribution < -0.4 is 11.1 Å². The summed E-state index contributed by atoms with van der Waals surface area (Å²) in [5.74, 6) is -0.845. The molecule has 6 nitrogen and oxygen atoms in total. The van der Waals surface area contributed by atoms with Gasteiger partial charge in [0.1, 0.15) is 15.6 Å². The van der Waals surface area contributed by atoms with Crippen LogP contribution in [0.15, 0.2) is 10.8 Å². The highest BCUT2D eigenvalue weighted by atomic mass is 32.1. The van der Waals surface area contributed by atoms with Gasteiger partial charge in [-0.05, 0) is 24.8 Å². The number of nitrogens with two attached hydrogens (primary N) is 1. The number of hydrogen-bond donors (Lipinski definition) is 2. The second-order valence-corrected chi connectivity index (χ2v) is 6.20. The van der Waals surface area contributed by atoms with E-state index >= 15 is 0 Å². The highest BCUT2D eigenvalue weighted by Gasteiger charge is 2.20. The van der Waals surface area contributed by atoms with Crippen LogP contribution in [-0.2, 0) is 4.74 Å². The summed E-state index contributed by atoms with van der Waals surface area (Å²) in [5.41, 5.74) is 7.28. The van der Waals surface area contributed by atoms with Crippen molar-refractivity contribution in [2.45, 2.75) is 19.9 Å². The van der Waals surface area contributed by atoms with Crippen LogP contribution >= 0.6 is 22.7 Å². The minimum Gasteiger partial charge on any atom is -0.465 e. The van der Waals surface area contributed by atoms with Crippen molar-refractivity contribution in [1.29, 1.82) is 0 Å². The third-order valence-electron chi connectivity index (χ3n) is 2.73. The Labute approximate surface area is 130 Å². The molecule has 0 spiro atoms. The lowest BCUT2D eigenvalue weighted by Gasteiger charge is -2.05. The monoisotopic (exact) mass is 325 g/mol. The van der Waals surface area contributed by atoms with Crippen molar-refractivity contribution in [2.75, 3.05) is 12.4 Å². The van der Waals surface area contributed by atoms with Crippen molar-refractivity contribution in [2.24, 2.45) is 5.73 Å². The lowest BCUT2D eigenvalue weighted by Crippen LogP contribution is -2.15. The zero-order valence-electron chi connectivity index (χ0n) is 11.8. The molecule has 2 aromatic rings. The molecule has 1 amide bonds. The number of anilines is 1. The summed E-state index contributed by atoms with van der Waals surface area (Å²) >= 11 is 2.56. The van der Waals surface area contributed by atoms with E-state index < -0.39 is 5.97 Å². The molecule has 112 valence electrons. The number of ether oxygens (including phenoxy) is 1. The van der Waals surface area contributed by atoms with Gasteiger partial charge in [-0.15, -0.1) is 22.7 Å². The zero-order valence-corrected chi connectivity index (χ0v) is 13.4. The third kappa shape index (κ3) is 3.29. The molecule has 0 saturated carbocycles. The number of nitrogens with one attached hydrogen (secondary N) is 1. The maximum Gasteiger partial charge on any atom is 0.350 e. The average molecular weight is 325 g/mol. The van der Waals surface area contributed by atoms with E-state index in [2.05, 4.69) is 10.3 Å². The molecule has 0 fully saturated rings. The van der Waals surface area contributed by atoms with Gasteiger partial charge < -0.3 is 15.8 Å². The summed E-state index contributed by atoms with van der Waals surface area (Å²) in [5, 5.41) is 6.84. The van der Waals surface area contributed by atoms with E-state index in [-0.39, 0.29) is 17.6 Å². The number of hydrogen-bond acceptors (Lipinski definition) is 7. The maximum absolute atomic E-state index is 12.2. The molecule has 8 heteroatoms. The number of rotatable bonds is 4. The van der Waals surface area contributed by atoms with E-state index in [1.54, 1.807) is 17.7 Å². The molecule has 2 rings (SSSR count). The van der Waals surface area contributed by atoms with Gasteiger partial charge in [-0.2, -0.15) is 0 Å². The quantitative estimate of drug-likeness (QED) is 0.843. The smallest absolute Gasteiger partial charge is 0.350 e. The van der Waals surface area contributed by atoms with Crippen LogP contribution in [0.3, 0.4) is 0 Å². The number of nitrogens with zero attached hydrogens (tertiary/aromatic N) is 1. The largest absolute Gasteiger partial charge is 0.465 e. The van der Waals surface area contributed by atoms with Crippen molar-refractivity contribution in [1.82, 2.24) is 4.98 Å². The molecule has 0 aromatic carbocycles. The number of carbonyl (C=O) groups excluding carboxylic acids is 2. The number of aromatic nitrogens is 1. The summed E-state index contributed by atoms with van der Waals surface area (Å²) in [4.78, 5) is 28.4. The molecule has 21 heavy (non-hydrogen) atoms. The second-order valence-electron chi connectivity index (χ2n) is 4.43. The molecule has 2 aromatic heterocycles. The van der Waals surface area contributed by atoms with Crippen LogP contribution in [0.5, 0.6) is 0 Å². The second kappa shape index (κ2) is 6.33. The topological polar surface area (TPSA) is 94.3 Å². The van der Waals surface area contributed by atoms with Crippen molar-refractivity contribution >= 4 is 40.2 Å². The molecule has 0 aliphatic heterocycles. The fraction of sp³-hybridized carbons (Fsp3) is 0.308. The molecule has 2 heterocycles. The molecular weight excluding hydrogens is 310 g/mol. The Hall–Kier alpha value is -1.77. The number of thiophene rings is 1. The fourth-order valence-corrected chi connectivity index (χ4v) is 3.30. The molecule has 0 aliphatic carbocycles. The van der Waals surface area contributed by atoms with Gasteiger partial charge in [-0.3, -0.25) is 4.79 Å². The first-order valence-corrected chi connectivity index (χ1v) is 7.88. The van der Waals surface area contributed by atoms with Gasteiger partial charge in [0.15, 0.2) is 0 Å². The predicted octanol–water partition coefficient (Wildman–Crippen LogP) is 2.57. The fourth-order valence-electron chi connectivity index (χ4n) is 1.62. The Kier molecular flexibility index (Phi) is 4.71. The number of esters is 1. The van der Waals surface area contributed by atoms with Gasteiger partial charge in [0, 0.05) is 5.38 Å². The van der Waals surface area contributed by atoms with E-state index in [1.165, 1.54) is 29.8 Å². The normalized spacial score (nSPS) is 12.0. The van der Waals surface area contributed by atoms with E-state index in [1.807, 2.05) is 6.92 Å². The predicted molar refractivity (Wildman–Crippen MR) is 83.1 cm³/mol. The van der Waals surface area contributed by atoms with E-state index in [9.17, 15) is 9.59 Å². The molecular formula is C13H15N3O3S2. The van der Waals surface area contributed by atoms with E-state index in [0.717, 1.165) is 5.56 Å². The maximum atomic E-state index is 12.2. The standard InChI is InChI=1S/C13H15N3O3S2/c1-6-4-20-10(13(18)19-3)9(6)16-11(17)8-5-21-12(15-8)7(2)14/h4-5,7H,14H2,1-3H3,(H,16,17). The molecule has 0 radical (unpaired) electrons. The number of amides is 1. The van der Waals surface area contributed by atoms with Crippen molar-refractivity contribution < 1.29 is 14.3 Å². The molecule has 0 saturated heterocycles. The first-order chi connectivity index (χ1) is 9.93. The van der Waals surface area contributed by atoms with Crippen molar-refractivity contribution in [3.8, 4) is 0 Å². The SMILES string of the molecule is COC(=O)c1scc(C)c1NC(=O)c1csc(C(C)N)n1. The molecule has 0 bridgehead atoms. The van der Waals surface area contributed by atoms with Gasteiger partial charge >= 0.3 is 5.97 Å². The molecule has 3 N–H and O–H groups in total. The van der Waals surface area contributed by atoms with Gasteiger partial charge in [-0.25, -0.2) is 9.78 Å². The van der Waals surface area contributed by atoms with Gasteiger partial charge in [0.2, 0.25) is 0 Å². The summed E-state index contributed by atoms with van der Waals surface area (Å²) in [6.07, 6.45) is 0. The Morgan fingerprint density at radius 2 is 2.10 bits per heavy atom. The van der Waals surface area contributed by atoms with Gasteiger partial charge in [0.05, 0.1) is 18.8 Å². The van der Waals surface area contributed by atoms with Crippen molar-refractivity contribution in [3.05, 3.63) is 31.9 Å². The molecule has 1 unspecified atom stereocenters. The minimum absolute atomic E-state index is 0.218. The molecule has 1 atom stereocenters. The van der Waals surface area contributed by atoms with Crippen LogP contribution in [0.1, 0.15) is 43.7 Å². The Morgan fingerprint density at radius 1 is 1.38 bits per heavy atom. The van der Waals surface area contributed by atoms with Crippen LogP contribution in [0, 0.1) is 6.92 Å². The lowest BCUT2D eigenvalue weighted by molar-refractivity contribution is 0.0607. The summed E-state index contributed by atoms with van der Waals surface area (Å²) in [7, 11) is 1.30. The van der Waals surface area contributed by atoms with Crippen LogP contribution in [0.25, 0.3) is 0 Å². The average Bonchev–Trinajstić information content (AvgIpc) is 3.06. The Balaban J connectivity index is 2.23. The number of thiazole rings is 1. The van der Waals surface area contributed by atoms with Crippen LogP contribution in [0.4, 0.5) is 5.69 Å². The van der Waals surface area contributed by atoms with E-state index in [4.69, 9.17) is 10.5 Å². The molecule has 0 aliphatic rings. The first kappa shape index (κ1) is 15.6. The lowest BCUT2D eigenvalue weighted by atomic mass is 10.2.